The number of rotatable bonds is 8. The highest BCUT2D eigenvalue weighted by Crippen LogP contribution is 2.46. The molecule has 0 N–H and O–H groups in total. The maximum Gasteiger partial charge on any atom is 0.261 e. The molecule has 0 saturated carbocycles. The summed E-state index contributed by atoms with van der Waals surface area (Å²) in [5.41, 5.74) is 2.12. The van der Waals surface area contributed by atoms with Crippen molar-refractivity contribution in [2.24, 2.45) is 0 Å². The first-order chi connectivity index (χ1) is 20.2. The molecular weight excluding hydrogens is 599 g/mol. The number of carbonyl (C=O) groups is 4. The lowest BCUT2D eigenvalue weighted by Crippen LogP contribution is -2.41. The van der Waals surface area contributed by atoms with Gasteiger partial charge >= 0.3 is 0 Å². The Kier molecular flexibility index (Phi) is 8.33. The smallest absolute Gasteiger partial charge is 0.261 e. The van der Waals surface area contributed by atoms with Crippen LogP contribution in [0.15, 0.2) is 48.5 Å². The van der Waals surface area contributed by atoms with Crippen LogP contribution in [0.25, 0.3) is 43.1 Å². The van der Waals surface area contributed by atoms with Crippen molar-refractivity contribution in [3.8, 4) is 0 Å². The second-order valence-corrected chi connectivity index (χ2v) is 12.0. The molecule has 0 bridgehead atoms. The number of carbonyl (C=O) groups excluding carboxylic acids is 4. The monoisotopic (exact) mass is 632 g/mol. The van der Waals surface area contributed by atoms with Crippen molar-refractivity contribution in [3.63, 3.8) is 0 Å². The summed E-state index contributed by atoms with van der Waals surface area (Å²) in [5, 5.41) is 6.70. The Bertz CT molecular complexity index is 1740. The Morgan fingerprint density at radius 2 is 0.727 bits per heavy atom. The molecule has 2 aliphatic rings. The van der Waals surface area contributed by atoms with E-state index in [9.17, 15) is 19.2 Å². The van der Waals surface area contributed by atoms with Gasteiger partial charge in [0.15, 0.2) is 0 Å². The molecule has 0 saturated heterocycles. The summed E-state index contributed by atoms with van der Waals surface area (Å²) in [6, 6.07) is 15.1. The topological polar surface area (TPSA) is 81.2 Å². The van der Waals surface area contributed by atoms with Crippen molar-refractivity contribution in [2.75, 3.05) is 54.4 Å². The van der Waals surface area contributed by atoms with Crippen LogP contribution in [-0.4, -0.2) is 97.6 Å². The summed E-state index contributed by atoms with van der Waals surface area (Å²) in [6.45, 7) is 2.28. The van der Waals surface area contributed by atoms with Crippen molar-refractivity contribution in [3.05, 3.63) is 70.8 Å². The summed E-state index contributed by atoms with van der Waals surface area (Å²) >= 11 is 0. The third-order valence-electron chi connectivity index (χ3n) is 8.78. The molecule has 0 unspecified atom stereocenters. The van der Waals surface area contributed by atoms with E-state index in [1.165, 1.54) is 9.80 Å². The Balaban J connectivity index is 0.00000192. The van der Waals surface area contributed by atoms with Gasteiger partial charge in [-0.1, -0.05) is 24.3 Å². The standard InChI is InChI=1S/C34H32N4O4.2ClH/c1-35(2)15-5-17-37-31(39)23-11-7-19-21-9-13-25-30-26(34(42)38(33(25)41)18-6-16-36(3)4)14-10-22(28(21)30)20-8-12-24(32(37)40)29(23)27(19)20;;/h7-14H,5-6,15-18H2,1-4H3;2*1H. The van der Waals surface area contributed by atoms with Gasteiger partial charge < -0.3 is 9.80 Å². The number of amides is 4. The van der Waals surface area contributed by atoms with E-state index in [1.807, 2.05) is 86.5 Å². The summed E-state index contributed by atoms with van der Waals surface area (Å²) < 4.78 is 0. The van der Waals surface area contributed by atoms with Crippen molar-refractivity contribution in [1.82, 2.24) is 19.6 Å². The zero-order chi connectivity index (χ0) is 29.4. The molecule has 0 aliphatic carbocycles. The molecule has 0 radical (unpaired) electrons. The lowest BCUT2D eigenvalue weighted by molar-refractivity contribution is 0.0590. The molecule has 4 amide bonds. The molecule has 10 heteroatoms. The van der Waals surface area contributed by atoms with Crippen LogP contribution in [0.5, 0.6) is 0 Å². The molecule has 2 aliphatic heterocycles. The van der Waals surface area contributed by atoms with Crippen LogP contribution >= 0.6 is 24.8 Å². The van der Waals surface area contributed by atoms with Crippen LogP contribution in [0, 0.1) is 0 Å². The number of nitrogens with zero attached hydrogens (tertiary/aromatic N) is 4. The minimum absolute atomic E-state index is 0. The van der Waals surface area contributed by atoms with Crippen LogP contribution in [-0.2, 0) is 0 Å². The third kappa shape index (κ3) is 4.51. The van der Waals surface area contributed by atoms with Crippen molar-refractivity contribution < 1.29 is 19.2 Å². The highest BCUT2D eigenvalue weighted by molar-refractivity contribution is 6.41. The first-order valence-corrected chi connectivity index (χ1v) is 14.4. The minimum Gasteiger partial charge on any atom is -0.309 e. The van der Waals surface area contributed by atoms with Gasteiger partial charge in [0.05, 0.1) is 0 Å². The summed E-state index contributed by atoms with van der Waals surface area (Å²) in [7, 11) is 7.88. The zero-order valence-corrected chi connectivity index (χ0v) is 26.7. The fourth-order valence-electron chi connectivity index (χ4n) is 6.86. The Labute approximate surface area is 267 Å². The predicted octanol–water partition coefficient (Wildman–Crippen LogP) is 5.68. The van der Waals surface area contributed by atoms with Gasteiger partial charge in [0.1, 0.15) is 0 Å². The van der Waals surface area contributed by atoms with Crippen LogP contribution in [0.1, 0.15) is 54.3 Å². The van der Waals surface area contributed by atoms with Crippen LogP contribution < -0.4 is 0 Å². The Morgan fingerprint density at radius 1 is 0.455 bits per heavy atom. The van der Waals surface area contributed by atoms with E-state index in [1.54, 1.807) is 0 Å². The largest absolute Gasteiger partial charge is 0.309 e. The Hall–Kier alpha value is -3.82. The average molecular weight is 634 g/mol. The van der Waals surface area contributed by atoms with Gasteiger partial charge in [-0.25, -0.2) is 0 Å². The average Bonchev–Trinajstić information content (AvgIpc) is 2.97. The molecular formula is C34H34Cl2N4O4. The third-order valence-corrected chi connectivity index (χ3v) is 8.78. The zero-order valence-electron chi connectivity index (χ0n) is 25.1. The van der Waals surface area contributed by atoms with Crippen LogP contribution in [0.3, 0.4) is 0 Å². The maximum atomic E-state index is 13.6. The molecule has 7 rings (SSSR count). The summed E-state index contributed by atoms with van der Waals surface area (Å²) in [4.78, 5) is 61.3. The van der Waals surface area contributed by atoms with E-state index in [2.05, 4.69) is 0 Å². The highest BCUT2D eigenvalue weighted by Gasteiger charge is 2.36. The second kappa shape index (κ2) is 11.6. The summed E-state index contributed by atoms with van der Waals surface area (Å²) in [6.07, 6.45) is 1.40. The quantitative estimate of drug-likeness (QED) is 0.124. The van der Waals surface area contributed by atoms with Gasteiger partial charge in [-0.2, -0.15) is 0 Å². The van der Waals surface area contributed by atoms with Crippen molar-refractivity contribution in [2.45, 2.75) is 12.8 Å². The van der Waals surface area contributed by atoms with E-state index in [0.717, 1.165) is 45.4 Å². The second-order valence-electron chi connectivity index (χ2n) is 12.0. The number of halogens is 2. The number of benzene rings is 5. The predicted molar refractivity (Wildman–Crippen MR) is 179 cm³/mol. The van der Waals surface area contributed by atoms with E-state index < -0.39 is 0 Å². The fourth-order valence-corrected chi connectivity index (χ4v) is 6.86. The molecule has 0 fully saturated rings. The lowest BCUT2D eigenvalue weighted by atomic mass is 9.82. The molecule has 2 heterocycles. The Morgan fingerprint density at radius 3 is 0.977 bits per heavy atom. The van der Waals surface area contributed by atoms with E-state index in [4.69, 9.17) is 0 Å². The maximum absolute atomic E-state index is 13.6. The van der Waals surface area contributed by atoms with Gasteiger partial charge in [0.2, 0.25) is 0 Å². The normalized spacial score (nSPS) is 14.6. The number of hydrogen-bond donors (Lipinski definition) is 0. The molecule has 228 valence electrons. The molecule has 8 nitrogen and oxygen atoms in total. The minimum atomic E-state index is -0.267. The van der Waals surface area contributed by atoms with Gasteiger partial charge in [-0.05, 0) is 111 Å². The van der Waals surface area contributed by atoms with Gasteiger partial charge in [-0.15, -0.1) is 24.8 Å². The molecule has 5 aromatic rings. The molecule has 44 heavy (non-hydrogen) atoms. The first-order valence-electron chi connectivity index (χ1n) is 14.4. The van der Waals surface area contributed by atoms with E-state index >= 15 is 0 Å². The molecule has 5 aromatic carbocycles. The SMILES string of the molecule is CN(C)CCCN1C(=O)c2ccc3c4ccc5c6c(ccc(c7ccc(c2c37)C1=O)c64)C(=O)N(CCCN(C)C)C5=O.Cl.Cl. The number of hydrogen-bond acceptors (Lipinski definition) is 6. The molecule has 0 aromatic heterocycles. The lowest BCUT2D eigenvalue weighted by Gasteiger charge is -2.30. The van der Waals surface area contributed by atoms with Gasteiger partial charge in [0.25, 0.3) is 23.6 Å². The van der Waals surface area contributed by atoms with Crippen molar-refractivity contribution in [1.29, 1.82) is 0 Å². The number of imide groups is 2. The number of fused-ring (bicyclic) bond motifs is 2. The van der Waals surface area contributed by atoms with Crippen molar-refractivity contribution >= 4 is 91.5 Å². The van der Waals surface area contributed by atoms with E-state index in [-0.39, 0.29) is 48.4 Å². The van der Waals surface area contributed by atoms with Crippen LogP contribution in [0.4, 0.5) is 0 Å². The highest BCUT2D eigenvalue weighted by atomic mass is 35.5. The molecule has 0 spiro atoms. The van der Waals surface area contributed by atoms with E-state index in [0.29, 0.717) is 59.0 Å². The summed E-state index contributed by atoms with van der Waals surface area (Å²) in [5.74, 6) is -1.07. The first kappa shape index (κ1) is 31.6. The molecule has 0 atom stereocenters. The van der Waals surface area contributed by atoms with Gasteiger partial charge in [-0.3, -0.25) is 29.0 Å². The van der Waals surface area contributed by atoms with Crippen LogP contribution in [0.2, 0.25) is 0 Å². The van der Waals surface area contributed by atoms with Gasteiger partial charge in [0, 0.05) is 46.1 Å². The fraction of sp³-hybridized carbons (Fsp3) is 0.294.